The van der Waals surface area contributed by atoms with Crippen molar-refractivity contribution in [1.29, 1.82) is 0 Å². The van der Waals surface area contributed by atoms with Gasteiger partial charge in [-0.2, -0.15) is 0 Å². The van der Waals surface area contributed by atoms with Gasteiger partial charge in [0.15, 0.2) is 0 Å². The molecule has 0 atom stereocenters. The second-order valence-electron chi connectivity index (χ2n) is 6.01. The van der Waals surface area contributed by atoms with E-state index in [9.17, 15) is 13.2 Å². The van der Waals surface area contributed by atoms with Crippen LogP contribution in [0, 0.1) is 0 Å². The lowest BCUT2D eigenvalue weighted by Gasteiger charge is -2.29. The SMILES string of the molecule is Cn1cc(Br)c(O[C@H]2CC[C@H](NS(=O)(=O)CCCCl)CC2)cc1=O. The number of hydrogen-bond acceptors (Lipinski definition) is 4. The van der Waals surface area contributed by atoms with Gasteiger partial charge in [0.05, 0.1) is 16.3 Å². The van der Waals surface area contributed by atoms with Crippen LogP contribution in [-0.2, 0) is 17.1 Å². The summed E-state index contributed by atoms with van der Waals surface area (Å²) in [6, 6.07) is 1.41. The molecule has 1 saturated carbocycles. The van der Waals surface area contributed by atoms with Crippen LogP contribution in [0.2, 0.25) is 0 Å². The highest BCUT2D eigenvalue weighted by atomic mass is 79.9. The summed E-state index contributed by atoms with van der Waals surface area (Å²) in [4.78, 5) is 11.7. The van der Waals surface area contributed by atoms with Crippen molar-refractivity contribution >= 4 is 37.6 Å². The summed E-state index contributed by atoms with van der Waals surface area (Å²) >= 11 is 8.94. The fraction of sp³-hybridized carbons (Fsp3) is 0.667. The number of aromatic nitrogens is 1. The van der Waals surface area contributed by atoms with E-state index >= 15 is 0 Å². The molecule has 0 unspecified atom stereocenters. The highest BCUT2D eigenvalue weighted by molar-refractivity contribution is 9.10. The van der Waals surface area contributed by atoms with Gasteiger partial charge in [-0.1, -0.05) is 0 Å². The molecule has 0 amide bonds. The summed E-state index contributed by atoms with van der Waals surface area (Å²) in [5.41, 5.74) is -0.131. The Morgan fingerprint density at radius 3 is 2.67 bits per heavy atom. The average molecular weight is 442 g/mol. The smallest absolute Gasteiger partial charge is 0.254 e. The van der Waals surface area contributed by atoms with Gasteiger partial charge in [-0.25, -0.2) is 13.1 Å². The third-order valence-corrected chi connectivity index (χ3v) is 6.39. The van der Waals surface area contributed by atoms with Gasteiger partial charge in [0.2, 0.25) is 10.0 Å². The van der Waals surface area contributed by atoms with Crippen molar-refractivity contribution < 1.29 is 13.2 Å². The standard InChI is InChI=1S/C15H22BrClN2O4S/c1-19-10-13(16)14(9-15(19)20)23-12-5-3-11(4-6-12)18-24(21,22)8-2-7-17/h9-12,18H,2-8H2,1H3/t11-,12-. The maximum atomic E-state index is 11.9. The monoisotopic (exact) mass is 440 g/mol. The number of rotatable bonds is 7. The van der Waals surface area contributed by atoms with Crippen LogP contribution in [0.25, 0.3) is 0 Å². The van der Waals surface area contributed by atoms with Gasteiger partial charge >= 0.3 is 0 Å². The van der Waals surface area contributed by atoms with Crippen molar-refractivity contribution in [3.05, 3.63) is 27.1 Å². The molecule has 136 valence electrons. The summed E-state index contributed by atoms with van der Waals surface area (Å²) in [6.07, 6.45) is 5.02. The number of nitrogens with zero attached hydrogens (tertiary/aromatic N) is 1. The predicted octanol–water partition coefficient (Wildman–Crippen LogP) is 2.39. The number of halogens is 2. The van der Waals surface area contributed by atoms with Crippen LogP contribution in [0.4, 0.5) is 0 Å². The molecule has 1 heterocycles. The van der Waals surface area contributed by atoms with Crippen molar-refractivity contribution in [2.24, 2.45) is 7.05 Å². The van der Waals surface area contributed by atoms with E-state index in [1.807, 2.05) is 0 Å². The maximum absolute atomic E-state index is 11.9. The molecule has 1 aromatic rings. The maximum Gasteiger partial charge on any atom is 0.254 e. The summed E-state index contributed by atoms with van der Waals surface area (Å²) < 4.78 is 34.7. The third kappa shape index (κ3) is 5.75. The molecule has 0 aliphatic heterocycles. The van der Waals surface area contributed by atoms with E-state index in [1.54, 1.807) is 13.2 Å². The van der Waals surface area contributed by atoms with Crippen molar-refractivity contribution in [3.63, 3.8) is 0 Å². The molecule has 24 heavy (non-hydrogen) atoms. The van der Waals surface area contributed by atoms with Gasteiger partial charge in [-0.05, 0) is 48.0 Å². The lowest BCUT2D eigenvalue weighted by Crippen LogP contribution is -2.40. The number of pyridine rings is 1. The number of ether oxygens (including phenoxy) is 1. The summed E-state index contributed by atoms with van der Waals surface area (Å²) in [7, 11) is -1.58. The Hall–Kier alpha value is -0.570. The Kier molecular flexibility index (Phi) is 7.15. The van der Waals surface area contributed by atoms with E-state index in [0.717, 1.165) is 17.3 Å². The fourth-order valence-corrected chi connectivity index (χ4v) is 4.90. The number of alkyl halides is 1. The topological polar surface area (TPSA) is 77.4 Å². The number of hydrogen-bond donors (Lipinski definition) is 1. The number of sulfonamides is 1. The van der Waals surface area contributed by atoms with Crippen molar-refractivity contribution in [2.45, 2.75) is 44.2 Å². The molecule has 1 aliphatic rings. The Morgan fingerprint density at radius 1 is 1.38 bits per heavy atom. The zero-order chi connectivity index (χ0) is 17.7. The molecule has 1 fully saturated rings. The molecule has 1 N–H and O–H groups in total. The summed E-state index contributed by atoms with van der Waals surface area (Å²) in [6.45, 7) is 0. The minimum atomic E-state index is -3.26. The molecule has 0 aromatic carbocycles. The zero-order valence-corrected chi connectivity index (χ0v) is 16.7. The van der Waals surface area contributed by atoms with Crippen LogP contribution < -0.4 is 15.0 Å². The van der Waals surface area contributed by atoms with Crippen LogP contribution in [0.15, 0.2) is 21.5 Å². The van der Waals surface area contributed by atoms with E-state index in [2.05, 4.69) is 20.7 Å². The molecule has 0 saturated heterocycles. The highest BCUT2D eigenvalue weighted by Crippen LogP contribution is 2.28. The quantitative estimate of drug-likeness (QED) is 0.659. The van der Waals surface area contributed by atoms with Crippen molar-refractivity contribution in [1.82, 2.24) is 9.29 Å². The Morgan fingerprint density at radius 2 is 2.04 bits per heavy atom. The Labute approximate surface area is 155 Å². The van der Waals surface area contributed by atoms with Crippen LogP contribution in [-0.4, -0.2) is 36.8 Å². The van der Waals surface area contributed by atoms with Gasteiger partial charge in [-0.3, -0.25) is 4.79 Å². The van der Waals surface area contributed by atoms with E-state index in [-0.39, 0.29) is 23.5 Å². The largest absolute Gasteiger partial charge is 0.489 e. The lowest BCUT2D eigenvalue weighted by molar-refractivity contribution is 0.143. The fourth-order valence-electron chi connectivity index (χ4n) is 2.71. The minimum Gasteiger partial charge on any atom is -0.489 e. The second kappa shape index (κ2) is 8.69. The van der Waals surface area contributed by atoms with E-state index < -0.39 is 10.0 Å². The molecule has 0 bridgehead atoms. The van der Waals surface area contributed by atoms with E-state index in [1.165, 1.54) is 10.6 Å². The molecule has 6 nitrogen and oxygen atoms in total. The first-order chi connectivity index (χ1) is 11.3. The van der Waals surface area contributed by atoms with Crippen LogP contribution in [0.5, 0.6) is 5.75 Å². The molecule has 2 rings (SSSR count). The van der Waals surface area contributed by atoms with Gasteiger partial charge in [0, 0.05) is 31.2 Å². The summed E-state index contributed by atoms with van der Waals surface area (Å²) in [5.74, 6) is 0.935. The Bertz CT molecular complexity index is 715. The van der Waals surface area contributed by atoms with Gasteiger partial charge in [0.1, 0.15) is 5.75 Å². The number of aryl methyl sites for hydroxylation is 1. The molecule has 0 radical (unpaired) electrons. The van der Waals surface area contributed by atoms with Crippen LogP contribution >= 0.6 is 27.5 Å². The predicted molar refractivity (Wildman–Crippen MR) is 98.3 cm³/mol. The normalized spacial score (nSPS) is 21.6. The van der Waals surface area contributed by atoms with Crippen LogP contribution in [0.1, 0.15) is 32.1 Å². The molecule has 1 aromatic heterocycles. The van der Waals surface area contributed by atoms with Gasteiger partial charge < -0.3 is 9.30 Å². The first kappa shape index (κ1) is 19.8. The van der Waals surface area contributed by atoms with Gasteiger partial charge in [0.25, 0.3) is 5.56 Å². The second-order valence-corrected chi connectivity index (χ2v) is 9.11. The molecule has 1 aliphatic carbocycles. The van der Waals surface area contributed by atoms with Gasteiger partial charge in [-0.15, -0.1) is 11.6 Å². The highest BCUT2D eigenvalue weighted by Gasteiger charge is 2.26. The first-order valence-corrected chi connectivity index (χ1v) is 10.9. The van der Waals surface area contributed by atoms with Crippen LogP contribution in [0.3, 0.4) is 0 Å². The third-order valence-electron chi connectivity index (χ3n) is 4.01. The molecular weight excluding hydrogens is 420 g/mol. The lowest BCUT2D eigenvalue weighted by atomic mass is 9.94. The van der Waals surface area contributed by atoms with E-state index in [4.69, 9.17) is 16.3 Å². The summed E-state index contributed by atoms with van der Waals surface area (Å²) in [5, 5.41) is 0. The zero-order valence-electron chi connectivity index (χ0n) is 13.5. The van der Waals surface area contributed by atoms with E-state index in [0.29, 0.717) is 30.9 Å². The Balaban J connectivity index is 1.87. The number of nitrogens with one attached hydrogen (secondary N) is 1. The average Bonchev–Trinajstić information content (AvgIpc) is 2.52. The minimum absolute atomic E-state index is 0.0167. The van der Waals surface area contributed by atoms with Crippen molar-refractivity contribution in [2.75, 3.05) is 11.6 Å². The molecule has 0 spiro atoms. The van der Waals surface area contributed by atoms with Crippen molar-refractivity contribution in [3.8, 4) is 5.75 Å². The molecule has 9 heteroatoms. The molecular formula is C15H22BrClN2O4S. The first-order valence-electron chi connectivity index (χ1n) is 7.89.